The van der Waals surface area contributed by atoms with Crippen LogP contribution >= 0.6 is 27.3 Å². The van der Waals surface area contributed by atoms with Crippen molar-refractivity contribution in [3.63, 3.8) is 0 Å². The molecule has 0 unspecified atom stereocenters. The number of aromatic nitrogens is 1. The third-order valence-electron chi connectivity index (χ3n) is 2.41. The highest BCUT2D eigenvalue weighted by Gasteiger charge is 2.14. The van der Waals surface area contributed by atoms with Crippen molar-refractivity contribution in [1.82, 2.24) is 4.98 Å². The number of halogens is 1. The Balaban J connectivity index is 2.30. The van der Waals surface area contributed by atoms with Crippen LogP contribution in [0.25, 0.3) is 0 Å². The molecule has 100 valence electrons. The van der Waals surface area contributed by atoms with Gasteiger partial charge in [0.25, 0.3) is 0 Å². The van der Waals surface area contributed by atoms with Crippen LogP contribution in [0, 0.1) is 6.92 Å². The van der Waals surface area contributed by atoms with Gasteiger partial charge in [0, 0.05) is 15.4 Å². The van der Waals surface area contributed by atoms with Gasteiger partial charge in [-0.2, -0.15) is 0 Å². The number of carbonyl (C=O) groups is 1. The highest BCUT2D eigenvalue weighted by Crippen LogP contribution is 2.32. The fourth-order valence-electron chi connectivity index (χ4n) is 1.49. The van der Waals surface area contributed by atoms with Crippen molar-refractivity contribution in [3.05, 3.63) is 33.2 Å². The van der Waals surface area contributed by atoms with E-state index in [1.54, 1.807) is 20.1 Å². The van der Waals surface area contributed by atoms with Crippen LogP contribution in [0.4, 0.5) is 10.8 Å². The Bertz CT molecular complexity index is 627. The number of nitrogens with one attached hydrogen (secondary N) is 1. The van der Waals surface area contributed by atoms with Crippen molar-refractivity contribution in [2.45, 2.75) is 6.92 Å². The van der Waals surface area contributed by atoms with Gasteiger partial charge in [-0.1, -0.05) is 0 Å². The van der Waals surface area contributed by atoms with E-state index in [4.69, 9.17) is 9.84 Å². The molecule has 0 aliphatic carbocycles. The highest BCUT2D eigenvalue weighted by atomic mass is 79.9. The lowest BCUT2D eigenvalue weighted by Gasteiger charge is -2.07. The second-order valence-corrected chi connectivity index (χ2v) is 5.76. The standard InChI is InChI=1S/C12H11BrN2O3S/c1-6-10(11(16)17)15-12(19-6)14-9-5-7(18-2)3-4-8(9)13/h3-5H,1-2H3,(H,14,15)(H,16,17). The van der Waals surface area contributed by atoms with Gasteiger partial charge >= 0.3 is 5.97 Å². The Morgan fingerprint density at radius 1 is 1.53 bits per heavy atom. The maximum absolute atomic E-state index is 10.9. The predicted octanol–water partition coefficient (Wildman–Crippen LogP) is 3.66. The highest BCUT2D eigenvalue weighted by molar-refractivity contribution is 9.10. The van der Waals surface area contributed by atoms with Crippen LogP contribution in [0.15, 0.2) is 22.7 Å². The Labute approximate surface area is 122 Å². The average Bonchev–Trinajstić information content (AvgIpc) is 2.73. The predicted molar refractivity (Wildman–Crippen MR) is 77.8 cm³/mol. The molecular weight excluding hydrogens is 332 g/mol. The first-order valence-electron chi connectivity index (χ1n) is 5.32. The molecule has 7 heteroatoms. The molecule has 1 heterocycles. The Morgan fingerprint density at radius 2 is 2.26 bits per heavy atom. The SMILES string of the molecule is COc1ccc(Br)c(Nc2nc(C(=O)O)c(C)s2)c1. The van der Waals surface area contributed by atoms with Crippen LogP contribution in [0.1, 0.15) is 15.4 Å². The number of thiazole rings is 1. The van der Waals surface area contributed by atoms with E-state index in [9.17, 15) is 4.79 Å². The molecule has 0 saturated heterocycles. The van der Waals surface area contributed by atoms with E-state index in [1.165, 1.54) is 11.3 Å². The van der Waals surface area contributed by atoms with Crippen molar-refractivity contribution in [1.29, 1.82) is 0 Å². The largest absolute Gasteiger partial charge is 0.497 e. The zero-order valence-electron chi connectivity index (χ0n) is 10.2. The number of methoxy groups -OCH3 is 1. The molecule has 1 aromatic heterocycles. The van der Waals surface area contributed by atoms with Crippen molar-refractivity contribution < 1.29 is 14.6 Å². The van der Waals surface area contributed by atoms with Crippen molar-refractivity contribution in [2.24, 2.45) is 0 Å². The molecule has 0 spiro atoms. The third kappa shape index (κ3) is 3.05. The summed E-state index contributed by atoms with van der Waals surface area (Å²) in [6.45, 7) is 1.73. The van der Waals surface area contributed by atoms with Crippen LogP contribution in [0.3, 0.4) is 0 Å². The first-order chi connectivity index (χ1) is 9.01. The van der Waals surface area contributed by atoms with E-state index in [-0.39, 0.29) is 5.69 Å². The summed E-state index contributed by atoms with van der Waals surface area (Å²) in [6.07, 6.45) is 0. The Morgan fingerprint density at radius 3 is 2.84 bits per heavy atom. The molecule has 0 aliphatic heterocycles. The lowest BCUT2D eigenvalue weighted by atomic mass is 10.3. The Hall–Kier alpha value is -1.60. The molecule has 5 nitrogen and oxygen atoms in total. The normalized spacial score (nSPS) is 10.3. The third-order valence-corrected chi connectivity index (χ3v) is 3.99. The molecule has 0 saturated carbocycles. The number of carboxylic acid groups (broad SMARTS) is 1. The minimum absolute atomic E-state index is 0.0755. The van der Waals surface area contributed by atoms with Gasteiger partial charge in [0.2, 0.25) is 0 Å². The number of aryl methyl sites for hydroxylation is 1. The van der Waals surface area contributed by atoms with E-state index >= 15 is 0 Å². The summed E-state index contributed by atoms with van der Waals surface area (Å²) in [7, 11) is 1.59. The summed E-state index contributed by atoms with van der Waals surface area (Å²) in [5, 5.41) is 12.6. The molecule has 2 N–H and O–H groups in total. The maximum atomic E-state index is 10.9. The van der Waals surface area contributed by atoms with Gasteiger partial charge in [-0.3, -0.25) is 0 Å². The number of carboxylic acids is 1. The van der Waals surface area contributed by atoms with Crippen LogP contribution in [0.2, 0.25) is 0 Å². The summed E-state index contributed by atoms with van der Waals surface area (Å²) < 4.78 is 5.99. The minimum atomic E-state index is -1.02. The van der Waals surface area contributed by atoms with E-state index in [0.29, 0.717) is 15.8 Å². The summed E-state index contributed by atoms with van der Waals surface area (Å²) in [5.41, 5.74) is 0.844. The summed E-state index contributed by atoms with van der Waals surface area (Å²) in [6, 6.07) is 5.48. The molecule has 0 atom stereocenters. The van der Waals surface area contributed by atoms with Crippen LogP contribution < -0.4 is 10.1 Å². The number of ether oxygens (including phenoxy) is 1. The molecule has 2 aromatic rings. The molecule has 0 aliphatic rings. The number of hydrogen-bond acceptors (Lipinski definition) is 5. The number of nitrogens with zero attached hydrogens (tertiary/aromatic N) is 1. The van der Waals surface area contributed by atoms with Gasteiger partial charge in [0.15, 0.2) is 10.8 Å². The van der Waals surface area contributed by atoms with Gasteiger partial charge < -0.3 is 15.2 Å². The molecule has 0 amide bonds. The smallest absolute Gasteiger partial charge is 0.355 e. The lowest BCUT2D eigenvalue weighted by Crippen LogP contribution is -1.99. The molecule has 1 aromatic carbocycles. The molecule has 2 rings (SSSR count). The molecule has 19 heavy (non-hydrogen) atoms. The summed E-state index contributed by atoms with van der Waals surface area (Å²) in [5.74, 6) is -0.316. The van der Waals surface area contributed by atoms with Gasteiger partial charge in [-0.05, 0) is 35.0 Å². The number of benzene rings is 1. The van der Waals surface area contributed by atoms with Gasteiger partial charge in [0.1, 0.15) is 5.75 Å². The van der Waals surface area contributed by atoms with Gasteiger partial charge in [-0.25, -0.2) is 9.78 Å². The van der Waals surface area contributed by atoms with E-state index in [2.05, 4.69) is 26.2 Å². The zero-order chi connectivity index (χ0) is 14.0. The summed E-state index contributed by atoms with van der Waals surface area (Å²) >= 11 is 4.71. The van der Waals surface area contributed by atoms with E-state index < -0.39 is 5.97 Å². The minimum Gasteiger partial charge on any atom is -0.497 e. The lowest BCUT2D eigenvalue weighted by molar-refractivity contribution is 0.0690. The second-order valence-electron chi connectivity index (χ2n) is 3.70. The molecule has 0 bridgehead atoms. The van der Waals surface area contributed by atoms with Gasteiger partial charge in [0.05, 0.1) is 12.8 Å². The fraction of sp³-hybridized carbons (Fsp3) is 0.167. The van der Waals surface area contributed by atoms with Crippen molar-refractivity contribution in [2.75, 3.05) is 12.4 Å². The fourth-order valence-corrected chi connectivity index (χ4v) is 2.65. The van der Waals surface area contributed by atoms with E-state index in [0.717, 1.165) is 10.2 Å². The Kier molecular flexibility index (Phi) is 4.06. The number of aromatic carboxylic acids is 1. The van der Waals surface area contributed by atoms with Crippen LogP contribution in [0.5, 0.6) is 5.75 Å². The molecule has 0 fully saturated rings. The molecular formula is C12H11BrN2O3S. The number of rotatable bonds is 4. The maximum Gasteiger partial charge on any atom is 0.355 e. The molecule has 0 radical (unpaired) electrons. The van der Waals surface area contributed by atoms with Crippen molar-refractivity contribution >= 4 is 44.1 Å². The number of anilines is 2. The van der Waals surface area contributed by atoms with Crippen molar-refractivity contribution in [3.8, 4) is 5.75 Å². The van der Waals surface area contributed by atoms with E-state index in [1.807, 2.05) is 12.1 Å². The second kappa shape index (κ2) is 5.58. The van der Waals surface area contributed by atoms with Gasteiger partial charge in [-0.15, -0.1) is 11.3 Å². The first kappa shape index (κ1) is 13.8. The average molecular weight is 343 g/mol. The number of hydrogen-bond donors (Lipinski definition) is 2. The summed E-state index contributed by atoms with van der Waals surface area (Å²) in [4.78, 5) is 15.7. The van der Waals surface area contributed by atoms with Crippen LogP contribution in [-0.2, 0) is 0 Å². The van der Waals surface area contributed by atoms with Crippen LogP contribution in [-0.4, -0.2) is 23.2 Å². The topological polar surface area (TPSA) is 71.5 Å². The zero-order valence-corrected chi connectivity index (χ0v) is 12.6. The first-order valence-corrected chi connectivity index (χ1v) is 6.93. The quantitative estimate of drug-likeness (QED) is 0.886. The monoisotopic (exact) mass is 342 g/mol.